The number of aliphatic hydroxyl groups is 1. The van der Waals surface area contributed by atoms with Gasteiger partial charge in [-0.3, -0.25) is 9.69 Å². The van der Waals surface area contributed by atoms with Crippen molar-refractivity contribution >= 4 is 17.2 Å². The van der Waals surface area contributed by atoms with Crippen molar-refractivity contribution in [2.75, 3.05) is 13.1 Å². The second-order valence-corrected chi connectivity index (χ2v) is 7.90. The summed E-state index contributed by atoms with van der Waals surface area (Å²) in [5.41, 5.74) is -0.320. The topological polar surface area (TPSA) is 52.6 Å². The van der Waals surface area contributed by atoms with Crippen molar-refractivity contribution in [3.63, 3.8) is 0 Å². The van der Waals surface area contributed by atoms with Crippen LogP contribution in [0.5, 0.6) is 0 Å². The Balaban J connectivity index is 1.91. The first-order valence-corrected chi connectivity index (χ1v) is 9.76. The quantitative estimate of drug-likeness (QED) is 0.861. The van der Waals surface area contributed by atoms with Gasteiger partial charge in [-0.15, -0.1) is 11.3 Å². The lowest BCUT2D eigenvalue weighted by atomic mass is 9.81. The number of nitrogens with zero attached hydrogens (tertiary/aromatic N) is 1. The Hall–Kier alpha value is -1.69. The van der Waals surface area contributed by atoms with Crippen LogP contribution in [0.15, 0.2) is 47.8 Å². The number of carbonyl (C=O) groups excluding carboxylic acids is 1. The van der Waals surface area contributed by atoms with Gasteiger partial charge in [0.25, 0.3) is 5.91 Å². The number of rotatable bonds is 5. The van der Waals surface area contributed by atoms with Crippen LogP contribution < -0.4 is 5.32 Å². The third-order valence-corrected chi connectivity index (χ3v) is 5.90. The van der Waals surface area contributed by atoms with Crippen LogP contribution in [0.25, 0.3) is 0 Å². The molecule has 1 amide bonds. The standard InChI is InChI=1S/C20H26N2O2S/c1-3-12-22-13-11-20(2,24)18(17(22)16-10-7-14-25-16)21-19(23)15-8-5-4-6-9-15/h4-10,14,17-18,24H,3,11-13H2,1-2H3,(H,21,23)/t17-,18-,20+/m0/s1. The number of nitrogens with one attached hydrogen (secondary N) is 1. The molecule has 1 aromatic heterocycles. The average Bonchev–Trinajstić information content (AvgIpc) is 3.13. The maximum absolute atomic E-state index is 12.7. The predicted molar refractivity (Wildman–Crippen MR) is 102 cm³/mol. The minimum absolute atomic E-state index is 0.00337. The van der Waals surface area contributed by atoms with Crippen molar-refractivity contribution in [3.05, 3.63) is 58.3 Å². The van der Waals surface area contributed by atoms with Gasteiger partial charge < -0.3 is 10.4 Å². The summed E-state index contributed by atoms with van der Waals surface area (Å²) in [4.78, 5) is 16.3. The lowest BCUT2D eigenvalue weighted by Crippen LogP contribution is -2.62. The fourth-order valence-corrected chi connectivity index (χ4v) is 4.50. The first-order chi connectivity index (χ1) is 12.0. The van der Waals surface area contributed by atoms with E-state index >= 15 is 0 Å². The van der Waals surface area contributed by atoms with Gasteiger partial charge in [-0.2, -0.15) is 0 Å². The van der Waals surface area contributed by atoms with Crippen LogP contribution in [0.1, 0.15) is 48.0 Å². The van der Waals surface area contributed by atoms with Crippen LogP contribution in [0.2, 0.25) is 0 Å². The lowest BCUT2D eigenvalue weighted by Gasteiger charge is -2.48. The Bertz CT molecular complexity index is 685. The molecule has 3 atom stereocenters. The Labute approximate surface area is 153 Å². The van der Waals surface area contributed by atoms with Crippen LogP contribution in [0.3, 0.4) is 0 Å². The molecule has 1 aliphatic heterocycles. The van der Waals surface area contributed by atoms with E-state index < -0.39 is 5.60 Å². The minimum atomic E-state index is -0.941. The lowest BCUT2D eigenvalue weighted by molar-refractivity contribution is -0.0629. The first kappa shape index (κ1) is 18.1. The third kappa shape index (κ3) is 3.94. The van der Waals surface area contributed by atoms with E-state index in [1.807, 2.05) is 31.2 Å². The zero-order chi connectivity index (χ0) is 17.9. The fourth-order valence-electron chi connectivity index (χ4n) is 3.61. The summed E-state index contributed by atoms with van der Waals surface area (Å²) >= 11 is 1.68. The van der Waals surface area contributed by atoms with E-state index in [9.17, 15) is 9.90 Å². The molecule has 5 heteroatoms. The van der Waals surface area contributed by atoms with E-state index in [-0.39, 0.29) is 18.0 Å². The fraction of sp³-hybridized carbons (Fsp3) is 0.450. The summed E-state index contributed by atoms with van der Waals surface area (Å²) in [5, 5.41) is 16.2. The SMILES string of the molecule is CCCN1CC[C@@](C)(O)[C@@H](NC(=O)c2ccccc2)[C@@H]1c1cccs1. The molecular formula is C20H26N2O2S. The summed E-state index contributed by atoms with van der Waals surface area (Å²) in [7, 11) is 0. The van der Waals surface area contributed by atoms with E-state index in [4.69, 9.17) is 0 Å². The van der Waals surface area contributed by atoms with Crippen molar-refractivity contribution in [2.45, 2.75) is 44.4 Å². The van der Waals surface area contributed by atoms with Gasteiger partial charge in [-0.25, -0.2) is 0 Å². The number of likely N-dealkylation sites (tertiary alicyclic amines) is 1. The molecule has 0 aliphatic carbocycles. The summed E-state index contributed by atoms with van der Waals surface area (Å²) in [5.74, 6) is -0.134. The largest absolute Gasteiger partial charge is 0.388 e. The van der Waals surface area contributed by atoms with Crippen LogP contribution in [-0.4, -0.2) is 40.6 Å². The average molecular weight is 359 g/mol. The van der Waals surface area contributed by atoms with Crippen molar-refractivity contribution < 1.29 is 9.90 Å². The normalized spacial score (nSPS) is 27.2. The molecule has 134 valence electrons. The van der Waals surface area contributed by atoms with Gasteiger partial charge in [-0.1, -0.05) is 31.2 Å². The number of hydrogen-bond acceptors (Lipinski definition) is 4. The monoisotopic (exact) mass is 358 g/mol. The highest BCUT2D eigenvalue weighted by Gasteiger charge is 2.46. The van der Waals surface area contributed by atoms with Crippen molar-refractivity contribution in [3.8, 4) is 0 Å². The summed E-state index contributed by atoms with van der Waals surface area (Å²) in [6, 6.07) is 13.0. The molecule has 1 saturated heterocycles. The van der Waals surface area contributed by atoms with E-state index in [0.29, 0.717) is 12.0 Å². The number of thiophene rings is 1. The van der Waals surface area contributed by atoms with Crippen LogP contribution >= 0.6 is 11.3 Å². The number of amides is 1. The van der Waals surface area contributed by atoms with Gasteiger partial charge in [0.15, 0.2) is 0 Å². The molecule has 0 spiro atoms. The number of benzene rings is 1. The zero-order valence-corrected chi connectivity index (χ0v) is 15.6. The zero-order valence-electron chi connectivity index (χ0n) is 14.8. The highest BCUT2D eigenvalue weighted by Crippen LogP contribution is 2.38. The second-order valence-electron chi connectivity index (χ2n) is 6.92. The molecule has 1 aromatic carbocycles. The van der Waals surface area contributed by atoms with E-state index in [1.165, 1.54) is 4.88 Å². The van der Waals surface area contributed by atoms with Gasteiger partial charge in [0.05, 0.1) is 17.7 Å². The van der Waals surface area contributed by atoms with Crippen LogP contribution in [0, 0.1) is 0 Å². The molecule has 3 rings (SSSR count). The molecule has 2 N–H and O–H groups in total. The van der Waals surface area contributed by atoms with E-state index in [2.05, 4.69) is 28.6 Å². The van der Waals surface area contributed by atoms with Gasteiger partial charge in [0.1, 0.15) is 0 Å². The Morgan fingerprint density at radius 1 is 1.32 bits per heavy atom. The molecule has 1 aliphatic rings. The molecular weight excluding hydrogens is 332 g/mol. The Kier molecular flexibility index (Phi) is 5.57. The minimum Gasteiger partial charge on any atom is -0.388 e. The molecule has 4 nitrogen and oxygen atoms in total. The number of piperidine rings is 1. The molecule has 2 aromatic rings. The molecule has 0 bridgehead atoms. The maximum Gasteiger partial charge on any atom is 0.251 e. The number of hydrogen-bond donors (Lipinski definition) is 2. The van der Waals surface area contributed by atoms with Crippen molar-refractivity contribution in [1.29, 1.82) is 0 Å². The van der Waals surface area contributed by atoms with Crippen LogP contribution in [-0.2, 0) is 0 Å². The molecule has 25 heavy (non-hydrogen) atoms. The third-order valence-electron chi connectivity index (χ3n) is 4.95. The van der Waals surface area contributed by atoms with Crippen molar-refractivity contribution in [1.82, 2.24) is 10.2 Å². The van der Waals surface area contributed by atoms with Gasteiger partial charge in [0, 0.05) is 17.0 Å². The Morgan fingerprint density at radius 2 is 2.08 bits per heavy atom. The predicted octanol–water partition coefficient (Wildman–Crippen LogP) is 3.45. The summed E-state index contributed by atoms with van der Waals surface area (Å²) < 4.78 is 0. The van der Waals surface area contributed by atoms with Gasteiger partial charge in [0.2, 0.25) is 0 Å². The highest BCUT2D eigenvalue weighted by molar-refractivity contribution is 7.10. The van der Waals surface area contributed by atoms with E-state index in [1.54, 1.807) is 23.5 Å². The molecule has 0 saturated carbocycles. The molecule has 1 fully saturated rings. The molecule has 2 heterocycles. The maximum atomic E-state index is 12.7. The number of carbonyl (C=O) groups is 1. The summed E-state index contributed by atoms with van der Waals surface area (Å²) in [6.45, 7) is 5.79. The summed E-state index contributed by atoms with van der Waals surface area (Å²) in [6.07, 6.45) is 1.69. The van der Waals surface area contributed by atoms with Crippen molar-refractivity contribution in [2.24, 2.45) is 0 Å². The Morgan fingerprint density at radius 3 is 2.72 bits per heavy atom. The first-order valence-electron chi connectivity index (χ1n) is 8.88. The van der Waals surface area contributed by atoms with E-state index in [0.717, 1.165) is 19.5 Å². The molecule has 0 radical (unpaired) electrons. The van der Waals surface area contributed by atoms with Crippen LogP contribution in [0.4, 0.5) is 0 Å². The van der Waals surface area contributed by atoms with Gasteiger partial charge in [-0.05, 0) is 49.9 Å². The highest BCUT2D eigenvalue weighted by atomic mass is 32.1. The van der Waals surface area contributed by atoms with Gasteiger partial charge >= 0.3 is 0 Å². The molecule has 0 unspecified atom stereocenters. The smallest absolute Gasteiger partial charge is 0.251 e. The second kappa shape index (κ2) is 7.68.